The minimum absolute atomic E-state index is 0.0665. The Kier molecular flexibility index (Phi) is 2.59. The largest absolute Gasteiger partial charge is 0.396 e. The van der Waals surface area contributed by atoms with Crippen molar-refractivity contribution in [3.63, 3.8) is 0 Å². The van der Waals surface area contributed by atoms with Gasteiger partial charge in [-0.2, -0.15) is 4.98 Å². The number of nitrogens with zero attached hydrogens (tertiary/aromatic N) is 2. The van der Waals surface area contributed by atoms with E-state index in [9.17, 15) is 0 Å². The highest BCUT2D eigenvalue weighted by Crippen LogP contribution is 2.10. The Bertz CT molecular complexity index is 220. The van der Waals surface area contributed by atoms with Crippen LogP contribution >= 0.6 is 0 Å². The first-order valence-electron chi connectivity index (χ1n) is 3.67. The third-order valence-electron chi connectivity index (χ3n) is 1.31. The Morgan fingerprint density at radius 3 is 2.73 bits per heavy atom. The van der Waals surface area contributed by atoms with Gasteiger partial charge < -0.3 is 9.63 Å². The molecule has 0 aliphatic heterocycles. The van der Waals surface area contributed by atoms with Crippen LogP contribution in [0.15, 0.2) is 4.52 Å². The maximum Gasteiger partial charge on any atom is 0.229 e. The second-order valence-corrected chi connectivity index (χ2v) is 2.68. The number of hydrogen-bond donors (Lipinski definition) is 1. The van der Waals surface area contributed by atoms with Gasteiger partial charge >= 0.3 is 0 Å². The Balaban J connectivity index is 2.66. The van der Waals surface area contributed by atoms with Crippen LogP contribution in [0.5, 0.6) is 0 Å². The summed E-state index contributed by atoms with van der Waals surface area (Å²) in [5, 5.41) is 12.2. The van der Waals surface area contributed by atoms with Gasteiger partial charge in [-0.15, -0.1) is 0 Å². The van der Waals surface area contributed by atoms with Crippen LogP contribution < -0.4 is 0 Å². The molecule has 0 aromatic carbocycles. The van der Waals surface area contributed by atoms with Gasteiger partial charge in [-0.05, 0) is 0 Å². The Morgan fingerprint density at radius 1 is 1.55 bits per heavy atom. The topological polar surface area (TPSA) is 59.2 Å². The highest BCUT2D eigenvalue weighted by Gasteiger charge is 2.08. The number of hydrogen-bond acceptors (Lipinski definition) is 4. The molecule has 0 bridgehead atoms. The number of aliphatic hydroxyl groups is 1. The maximum atomic E-state index is 8.55. The first-order valence-corrected chi connectivity index (χ1v) is 3.67. The van der Waals surface area contributed by atoms with Gasteiger partial charge in [0.2, 0.25) is 5.89 Å². The lowest BCUT2D eigenvalue weighted by Gasteiger charge is -1.91. The zero-order valence-corrected chi connectivity index (χ0v) is 6.74. The molecular weight excluding hydrogens is 144 g/mol. The molecule has 0 atom stereocenters. The quantitative estimate of drug-likeness (QED) is 0.700. The van der Waals surface area contributed by atoms with Gasteiger partial charge in [-0.25, -0.2) is 0 Å². The summed E-state index contributed by atoms with van der Waals surface area (Å²) in [4.78, 5) is 4.06. The fourth-order valence-electron chi connectivity index (χ4n) is 0.704. The van der Waals surface area contributed by atoms with E-state index < -0.39 is 0 Å². The van der Waals surface area contributed by atoms with E-state index in [1.54, 1.807) is 0 Å². The van der Waals surface area contributed by atoms with Crippen molar-refractivity contribution in [1.29, 1.82) is 0 Å². The minimum Gasteiger partial charge on any atom is -0.396 e. The molecule has 1 N–H and O–H groups in total. The molecule has 1 aromatic rings. The summed E-state index contributed by atoms with van der Waals surface area (Å²) in [6, 6.07) is 0. The van der Waals surface area contributed by atoms with Crippen LogP contribution in [0, 0.1) is 0 Å². The summed E-state index contributed by atoms with van der Waals surface area (Å²) in [6.07, 6.45) is 0.468. The number of rotatable bonds is 3. The van der Waals surface area contributed by atoms with Crippen LogP contribution in [0.25, 0.3) is 0 Å². The average Bonchev–Trinajstić information content (AvgIpc) is 2.37. The van der Waals surface area contributed by atoms with Crippen LogP contribution in [-0.4, -0.2) is 21.9 Å². The second kappa shape index (κ2) is 3.48. The van der Waals surface area contributed by atoms with Gasteiger partial charge in [0, 0.05) is 12.3 Å². The standard InChI is InChI=1S/C7H12N2O2/c1-5(2)7-8-6(3-4-10)9-11-7/h5,10H,3-4H2,1-2H3. The lowest BCUT2D eigenvalue weighted by atomic mass is 10.2. The van der Waals surface area contributed by atoms with Gasteiger partial charge in [-0.3, -0.25) is 0 Å². The van der Waals surface area contributed by atoms with Crippen LogP contribution in [-0.2, 0) is 6.42 Å². The summed E-state index contributed by atoms with van der Waals surface area (Å²) in [6.45, 7) is 4.03. The molecule has 0 radical (unpaired) electrons. The minimum atomic E-state index is 0.0665. The van der Waals surface area contributed by atoms with Crippen molar-refractivity contribution >= 4 is 0 Å². The lowest BCUT2D eigenvalue weighted by molar-refractivity contribution is 0.292. The second-order valence-electron chi connectivity index (χ2n) is 2.68. The molecule has 0 saturated heterocycles. The molecule has 0 amide bonds. The van der Waals surface area contributed by atoms with Crippen molar-refractivity contribution < 1.29 is 9.63 Å². The van der Waals surface area contributed by atoms with Crippen molar-refractivity contribution in [2.24, 2.45) is 0 Å². The molecule has 4 heteroatoms. The molecule has 0 aliphatic rings. The number of aromatic nitrogens is 2. The predicted molar refractivity (Wildman–Crippen MR) is 39.2 cm³/mol. The molecular formula is C7H12N2O2. The van der Waals surface area contributed by atoms with E-state index in [1.807, 2.05) is 13.8 Å². The SMILES string of the molecule is CC(C)c1nc(CCO)no1. The molecule has 0 unspecified atom stereocenters. The monoisotopic (exact) mass is 156 g/mol. The van der Waals surface area contributed by atoms with E-state index in [1.165, 1.54) is 0 Å². The molecule has 0 spiro atoms. The summed E-state index contributed by atoms with van der Waals surface area (Å²) >= 11 is 0. The molecule has 4 nitrogen and oxygen atoms in total. The fraction of sp³-hybridized carbons (Fsp3) is 0.714. The molecule has 11 heavy (non-hydrogen) atoms. The summed E-state index contributed by atoms with van der Waals surface area (Å²) in [5.41, 5.74) is 0. The van der Waals surface area contributed by atoms with Gasteiger partial charge in [0.05, 0.1) is 6.61 Å². The summed E-state index contributed by atoms with van der Waals surface area (Å²) < 4.78 is 4.91. The zero-order valence-electron chi connectivity index (χ0n) is 6.74. The van der Waals surface area contributed by atoms with Crippen molar-refractivity contribution in [2.75, 3.05) is 6.61 Å². The van der Waals surface area contributed by atoms with Gasteiger partial charge in [0.1, 0.15) is 0 Å². The van der Waals surface area contributed by atoms with Gasteiger partial charge in [0.15, 0.2) is 5.82 Å². The Morgan fingerprint density at radius 2 is 2.27 bits per heavy atom. The van der Waals surface area contributed by atoms with Crippen LogP contribution in [0.3, 0.4) is 0 Å². The molecule has 0 saturated carbocycles. The van der Waals surface area contributed by atoms with Crippen LogP contribution in [0.4, 0.5) is 0 Å². The van der Waals surface area contributed by atoms with Gasteiger partial charge in [-0.1, -0.05) is 19.0 Å². The zero-order chi connectivity index (χ0) is 8.27. The fourth-order valence-corrected chi connectivity index (χ4v) is 0.704. The molecule has 1 heterocycles. The summed E-state index contributed by atoms with van der Waals surface area (Å²) in [7, 11) is 0. The van der Waals surface area contributed by atoms with Crippen molar-refractivity contribution in [1.82, 2.24) is 10.1 Å². The highest BCUT2D eigenvalue weighted by atomic mass is 16.5. The third kappa shape index (κ3) is 2.01. The maximum absolute atomic E-state index is 8.55. The molecule has 0 aliphatic carbocycles. The highest BCUT2D eigenvalue weighted by molar-refractivity contribution is 4.90. The third-order valence-corrected chi connectivity index (χ3v) is 1.31. The normalized spacial score (nSPS) is 10.9. The predicted octanol–water partition coefficient (Wildman–Crippen LogP) is 0.728. The van der Waals surface area contributed by atoms with Crippen molar-refractivity contribution in [3.05, 3.63) is 11.7 Å². The first-order chi connectivity index (χ1) is 5.24. The molecule has 1 aromatic heterocycles. The van der Waals surface area contributed by atoms with E-state index in [4.69, 9.17) is 9.63 Å². The van der Waals surface area contributed by atoms with Crippen molar-refractivity contribution in [2.45, 2.75) is 26.2 Å². The van der Waals surface area contributed by atoms with Crippen molar-refractivity contribution in [3.8, 4) is 0 Å². The number of aliphatic hydroxyl groups excluding tert-OH is 1. The van der Waals surface area contributed by atoms with E-state index in [0.29, 0.717) is 18.1 Å². The van der Waals surface area contributed by atoms with Crippen LogP contribution in [0.1, 0.15) is 31.5 Å². The Hall–Kier alpha value is -0.900. The van der Waals surface area contributed by atoms with E-state index in [2.05, 4.69) is 10.1 Å². The molecule has 62 valence electrons. The first kappa shape index (κ1) is 8.20. The van der Waals surface area contributed by atoms with E-state index in [0.717, 1.165) is 0 Å². The molecule has 1 rings (SSSR count). The van der Waals surface area contributed by atoms with E-state index in [-0.39, 0.29) is 12.5 Å². The van der Waals surface area contributed by atoms with E-state index >= 15 is 0 Å². The smallest absolute Gasteiger partial charge is 0.229 e. The molecule has 0 fully saturated rings. The van der Waals surface area contributed by atoms with Gasteiger partial charge in [0.25, 0.3) is 0 Å². The average molecular weight is 156 g/mol. The summed E-state index contributed by atoms with van der Waals surface area (Å²) in [5.74, 6) is 1.47. The lowest BCUT2D eigenvalue weighted by Crippen LogP contribution is -1.93. The Labute approximate surface area is 65.2 Å². The van der Waals surface area contributed by atoms with Crippen LogP contribution in [0.2, 0.25) is 0 Å².